The van der Waals surface area contributed by atoms with Crippen LogP contribution in [0.25, 0.3) is 0 Å². The molecule has 72 valence electrons. The van der Waals surface area contributed by atoms with E-state index in [2.05, 4.69) is 5.48 Å². The minimum atomic E-state index is -0.476. The fourth-order valence-corrected chi connectivity index (χ4v) is 0.753. The molecule has 4 heteroatoms. The van der Waals surface area contributed by atoms with Gasteiger partial charge in [-0.3, -0.25) is 0 Å². The lowest BCUT2D eigenvalue weighted by molar-refractivity contribution is -0.149. The van der Waals surface area contributed by atoms with E-state index < -0.39 is 5.60 Å². The Kier molecular flexibility index (Phi) is 2.60. The molecule has 0 fully saturated rings. The van der Waals surface area contributed by atoms with E-state index in [1.54, 1.807) is 6.08 Å². The number of hydrogen-bond donors (Lipinski definition) is 1. The molecule has 0 atom stereocenters. The number of ether oxygens (including phenoxy) is 1. The van der Waals surface area contributed by atoms with Crippen molar-refractivity contribution >= 4 is 5.97 Å². The SMILES string of the molecule is CC(C)(C)OC(=O)C1=CONC=C1. The van der Waals surface area contributed by atoms with Gasteiger partial charge in [-0.1, -0.05) is 0 Å². The molecule has 0 saturated heterocycles. The maximum absolute atomic E-state index is 11.4. The number of hydroxylamine groups is 1. The van der Waals surface area contributed by atoms with Crippen molar-refractivity contribution in [2.45, 2.75) is 26.4 Å². The maximum Gasteiger partial charge on any atom is 0.341 e. The van der Waals surface area contributed by atoms with Crippen LogP contribution in [0.3, 0.4) is 0 Å². The molecule has 0 saturated carbocycles. The van der Waals surface area contributed by atoms with Crippen LogP contribution in [0.5, 0.6) is 0 Å². The summed E-state index contributed by atoms with van der Waals surface area (Å²) < 4.78 is 5.11. The molecule has 0 aromatic carbocycles. The maximum atomic E-state index is 11.4. The van der Waals surface area contributed by atoms with E-state index in [9.17, 15) is 4.79 Å². The fourth-order valence-electron chi connectivity index (χ4n) is 0.753. The Labute approximate surface area is 77.2 Å². The van der Waals surface area contributed by atoms with Crippen LogP contribution in [0.4, 0.5) is 0 Å². The van der Waals surface area contributed by atoms with Crippen molar-refractivity contribution < 1.29 is 14.4 Å². The first-order valence-corrected chi connectivity index (χ1v) is 4.00. The third kappa shape index (κ3) is 3.19. The minimum Gasteiger partial charge on any atom is -0.456 e. The Morgan fingerprint density at radius 2 is 2.23 bits per heavy atom. The van der Waals surface area contributed by atoms with E-state index in [-0.39, 0.29) is 5.97 Å². The van der Waals surface area contributed by atoms with Crippen LogP contribution in [0.15, 0.2) is 24.1 Å². The van der Waals surface area contributed by atoms with Crippen LogP contribution >= 0.6 is 0 Å². The number of rotatable bonds is 1. The molecule has 13 heavy (non-hydrogen) atoms. The lowest BCUT2D eigenvalue weighted by atomic mass is 10.2. The average molecular weight is 183 g/mol. The summed E-state index contributed by atoms with van der Waals surface area (Å²) in [6.45, 7) is 5.45. The monoisotopic (exact) mass is 183 g/mol. The van der Waals surface area contributed by atoms with Crippen molar-refractivity contribution in [3.05, 3.63) is 24.1 Å². The number of nitrogens with one attached hydrogen (secondary N) is 1. The summed E-state index contributed by atoms with van der Waals surface area (Å²) in [4.78, 5) is 16.1. The van der Waals surface area contributed by atoms with Gasteiger partial charge in [0, 0.05) is 6.20 Å². The molecule has 0 aromatic rings. The third-order valence-corrected chi connectivity index (χ3v) is 1.22. The van der Waals surface area contributed by atoms with Crippen molar-refractivity contribution in [3.63, 3.8) is 0 Å². The molecule has 1 N–H and O–H groups in total. The first kappa shape index (κ1) is 9.64. The molecule has 0 aliphatic carbocycles. The standard InChI is InChI=1S/C9H13NO3/c1-9(2,3)13-8(11)7-4-5-10-12-6-7/h4-6,10H,1-3H3. The van der Waals surface area contributed by atoms with E-state index in [0.717, 1.165) is 0 Å². The van der Waals surface area contributed by atoms with Gasteiger partial charge in [-0.15, -0.1) is 0 Å². The zero-order valence-electron chi connectivity index (χ0n) is 7.96. The molecule has 0 amide bonds. The van der Waals surface area contributed by atoms with Gasteiger partial charge < -0.3 is 9.57 Å². The highest BCUT2D eigenvalue weighted by molar-refractivity contribution is 5.91. The quantitative estimate of drug-likeness (QED) is 0.622. The molecule has 0 bridgehead atoms. The van der Waals surface area contributed by atoms with E-state index in [0.29, 0.717) is 5.57 Å². The molecule has 1 aliphatic rings. The summed E-state index contributed by atoms with van der Waals surface area (Å²) in [7, 11) is 0. The van der Waals surface area contributed by atoms with Gasteiger partial charge >= 0.3 is 5.97 Å². The van der Waals surface area contributed by atoms with E-state index >= 15 is 0 Å². The predicted octanol–water partition coefficient (Wildman–Crippen LogP) is 1.26. The van der Waals surface area contributed by atoms with Crippen LogP contribution in [-0.2, 0) is 14.4 Å². The zero-order chi connectivity index (χ0) is 9.90. The second-order valence-electron chi connectivity index (χ2n) is 3.64. The van der Waals surface area contributed by atoms with Crippen LogP contribution in [-0.4, -0.2) is 11.6 Å². The topological polar surface area (TPSA) is 47.6 Å². The summed E-state index contributed by atoms with van der Waals surface area (Å²) in [5, 5.41) is 0. The zero-order valence-corrected chi connectivity index (χ0v) is 7.96. The molecular weight excluding hydrogens is 170 g/mol. The summed E-state index contributed by atoms with van der Waals surface area (Å²) >= 11 is 0. The Hall–Kier alpha value is -1.45. The van der Waals surface area contributed by atoms with Gasteiger partial charge in [0.15, 0.2) is 0 Å². The molecule has 0 aromatic heterocycles. The van der Waals surface area contributed by atoms with Gasteiger partial charge in [-0.25, -0.2) is 10.3 Å². The van der Waals surface area contributed by atoms with Gasteiger partial charge in [0.25, 0.3) is 0 Å². The van der Waals surface area contributed by atoms with Crippen molar-refractivity contribution in [1.82, 2.24) is 5.48 Å². The average Bonchev–Trinajstić information content (AvgIpc) is 2.03. The molecule has 0 spiro atoms. The highest BCUT2D eigenvalue weighted by Crippen LogP contribution is 2.12. The molecule has 1 rings (SSSR count). The predicted molar refractivity (Wildman–Crippen MR) is 47.3 cm³/mol. The first-order chi connectivity index (χ1) is 5.99. The van der Waals surface area contributed by atoms with Crippen LogP contribution in [0, 0.1) is 0 Å². The van der Waals surface area contributed by atoms with Gasteiger partial charge in [0.1, 0.15) is 11.9 Å². The lowest BCUT2D eigenvalue weighted by Crippen LogP contribution is -2.25. The molecule has 1 aliphatic heterocycles. The van der Waals surface area contributed by atoms with Crippen LogP contribution in [0.1, 0.15) is 20.8 Å². The van der Waals surface area contributed by atoms with E-state index in [1.165, 1.54) is 12.5 Å². The molecule has 0 radical (unpaired) electrons. The fraction of sp³-hybridized carbons (Fsp3) is 0.444. The van der Waals surface area contributed by atoms with Crippen LogP contribution in [0.2, 0.25) is 0 Å². The van der Waals surface area contributed by atoms with Gasteiger partial charge in [-0.2, -0.15) is 0 Å². The highest BCUT2D eigenvalue weighted by Gasteiger charge is 2.19. The molecule has 4 nitrogen and oxygen atoms in total. The van der Waals surface area contributed by atoms with E-state index in [4.69, 9.17) is 9.57 Å². The van der Waals surface area contributed by atoms with Crippen LogP contribution < -0.4 is 5.48 Å². The number of hydrogen-bond acceptors (Lipinski definition) is 4. The van der Waals surface area contributed by atoms with Crippen molar-refractivity contribution in [3.8, 4) is 0 Å². The third-order valence-electron chi connectivity index (χ3n) is 1.22. The minimum absolute atomic E-state index is 0.384. The number of carbonyl (C=O) groups is 1. The lowest BCUT2D eigenvalue weighted by Gasteiger charge is -2.20. The van der Waals surface area contributed by atoms with Gasteiger partial charge in [-0.05, 0) is 26.8 Å². The summed E-state index contributed by atoms with van der Waals surface area (Å²) in [5.41, 5.74) is 2.39. The summed E-state index contributed by atoms with van der Waals surface area (Å²) in [6.07, 6.45) is 4.44. The second-order valence-corrected chi connectivity index (χ2v) is 3.64. The Morgan fingerprint density at radius 3 is 2.69 bits per heavy atom. The summed E-state index contributed by atoms with van der Waals surface area (Å²) in [6, 6.07) is 0. The highest BCUT2D eigenvalue weighted by atomic mass is 16.6. The van der Waals surface area contributed by atoms with Crippen molar-refractivity contribution in [1.29, 1.82) is 0 Å². The number of esters is 1. The van der Waals surface area contributed by atoms with Crippen molar-refractivity contribution in [2.75, 3.05) is 0 Å². The molecule has 1 heterocycles. The number of carbonyl (C=O) groups excluding carboxylic acids is 1. The summed E-state index contributed by atoms with van der Waals surface area (Å²) in [5.74, 6) is -0.384. The van der Waals surface area contributed by atoms with Gasteiger partial charge in [0.2, 0.25) is 0 Å². The molecule has 0 unspecified atom stereocenters. The molecular formula is C9H13NO3. The Bertz CT molecular complexity index is 261. The smallest absolute Gasteiger partial charge is 0.341 e. The largest absolute Gasteiger partial charge is 0.456 e. The van der Waals surface area contributed by atoms with Gasteiger partial charge in [0.05, 0.1) is 5.57 Å². The Balaban J connectivity index is 2.58. The Morgan fingerprint density at radius 1 is 1.54 bits per heavy atom. The normalized spacial score (nSPS) is 15.5. The van der Waals surface area contributed by atoms with E-state index in [1.807, 2.05) is 20.8 Å². The second kappa shape index (κ2) is 3.51. The first-order valence-electron chi connectivity index (χ1n) is 4.00. The van der Waals surface area contributed by atoms with Crippen molar-refractivity contribution in [2.24, 2.45) is 0 Å².